The first-order valence-electron chi connectivity index (χ1n) is 18.8. The van der Waals surface area contributed by atoms with Gasteiger partial charge in [0.25, 0.3) is 17.7 Å². The summed E-state index contributed by atoms with van der Waals surface area (Å²) in [5, 5.41) is 19.3. The van der Waals surface area contributed by atoms with Crippen molar-refractivity contribution in [3.8, 4) is 5.75 Å². The van der Waals surface area contributed by atoms with E-state index in [1.54, 1.807) is 12.1 Å². The van der Waals surface area contributed by atoms with Gasteiger partial charge in [0.05, 0.1) is 28.8 Å². The molecule has 4 N–H and O–H groups in total. The molecule has 0 saturated carbocycles. The second kappa shape index (κ2) is 16.7. The molecule has 3 aromatic rings. The molecule has 294 valence electrons. The lowest BCUT2D eigenvalue weighted by Gasteiger charge is -2.38. The third-order valence-electron chi connectivity index (χ3n) is 10.7. The highest BCUT2D eigenvalue weighted by Gasteiger charge is 2.46. The average Bonchev–Trinajstić information content (AvgIpc) is 3.63. The Kier molecular flexibility index (Phi) is 11.6. The van der Waals surface area contributed by atoms with Gasteiger partial charge >= 0.3 is 0 Å². The van der Waals surface area contributed by atoms with Crippen molar-refractivity contribution in [3.05, 3.63) is 81.8 Å². The molecular formula is C39H43ClN8O8. The van der Waals surface area contributed by atoms with Gasteiger partial charge < -0.3 is 30.3 Å². The summed E-state index contributed by atoms with van der Waals surface area (Å²) in [5.41, 5.74) is 2.54. The van der Waals surface area contributed by atoms with Gasteiger partial charge in [-0.25, -0.2) is 9.97 Å². The first-order chi connectivity index (χ1) is 27.0. The minimum absolute atomic E-state index is 0.00246. The highest BCUT2D eigenvalue weighted by Crippen LogP contribution is 2.43. The molecule has 17 heteroatoms. The number of aliphatic hydroxyl groups is 1. The molecule has 1 aromatic heterocycles. The van der Waals surface area contributed by atoms with Crippen LogP contribution in [0.1, 0.15) is 88.1 Å². The Hall–Kier alpha value is -5.45. The minimum atomic E-state index is -1.11. The van der Waals surface area contributed by atoms with E-state index >= 15 is 0 Å². The zero-order valence-electron chi connectivity index (χ0n) is 30.8. The second-order valence-electron chi connectivity index (χ2n) is 14.4. The van der Waals surface area contributed by atoms with Crippen LogP contribution in [0.4, 0.5) is 5.82 Å². The van der Waals surface area contributed by atoms with Crippen molar-refractivity contribution in [2.45, 2.75) is 56.6 Å². The molecule has 4 heterocycles. The number of aromatic nitrogens is 2. The predicted molar refractivity (Wildman–Crippen MR) is 202 cm³/mol. The molecule has 4 atom stereocenters. The summed E-state index contributed by atoms with van der Waals surface area (Å²) in [6, 6.07) is 10.6. The number of hydrogen-bond donors (Lipinski definition) is 4. The second-order valence-corrected chi connectivity index (χ2v) is 14.8. The maximum absolute atomic E-state index is 14.0. The lowest BCUT2D eigenvalue weighted by Crippen LogP contribution is -2.54. The largest absolute Gasteiger partial charge is 0.483 e. The molecule has 0 bridgehead atoms. The van der Waals surface area contributed by atoms with Crippen LogP contribution in [0.15, 0.2) is 48.8 Å². The van der Waals surface area contributed by atoms with Crippen LogP contribution in [0.3, 0.4) is 0 Å². The van der Waals surface area contributed by atoms with Gasteiger partial charge in [0.15, 0.2) is 6.61 Å². The van der Waals surface area contributed by atoms with Crippen LogP contribution in [0.5, 0.6) is 5.75 Å². The number of hydrogen-bond acceptors (Lipinski definition) is 12. The summed E-state index contributed by atoms with van der Waals surface area (Å²) >= 11 is 6.16. The van der Waals surface area contributed by atoms with Crippen molar-refractivity contribution < 1.29 is 38.6 Å². The zero-order chi connectivity index (χ0) is 39.5. The minimum Gasteiger partial charge on any atom is -0.483 e. The quantitative estimate of drug-likeness (QED) is 0.144. The fourth-order valence-electron chi connectivity index (χ4n) is 7.84. The topological polar surface area (TPSA) is 203 Å². The van der Waals surface area contributed by atoms with E-state index in [-0.39, 0.29) is 41.5 Å². The van der Waals surface area contributed by atoms with Gasteiger partial charge in [-0.2, -0.15) is 0 Å². The van der Waals surface area contributed by atoms with Crippen LogP contribution in [0, 0.1) is 0 Å². The Morgan fingerprint density at radius 3 is 2.54 bits per heavy atom. The van der Waals surface area contributed by atoms with Gasteiger partial charge in [0.2, 0.25) is 17.7 Å². The Bertz CT molecular complexity index is 2040. The molecule has 0 radical (unpaired) electrons. The molecule has 2 saturated heterocycles. The van der Waals surface area contributed by atoms with Crippen LogP contribution < -0.4 is 25.6 Å². The number of imide groups is 2. The van der Waals surface area contributed by atoms with E-state index in [1.165, 1.54) is 24.5 Å². The third kappa shape index (κ3) is 7.94. The molecule has 2 unspecified atom stereocenters. The molecule has 1 aliphatic carbocycles. The third-order valence-corrected chi connectivity index (χ3v) is 11.0. The summed E-state index contributed by atoms with van der Waals surface area (Å²) < 4.78 is 5.67. The Morgan fingerprint density at radius 1 is 1.02 bits per heavy atom. The van der Waals surface area contributed by atoms with E-state index < -0.39 is 54.2 Å². The maximum Gasteiger partial charge on any atom is 0.266 e. The molecule has 7 rings (SSSR count). The van der Waals surface area contributed by atoms with Crippen molar-refractivity contribution in [1.29, 1.82) is 0 Å². The highest BCUT2D eigenvalue weighted by molar-refractivity contribution is 6.30. The number of piperazine rings is 1. The highest BCUT2D eigenvalue weighted by atomic mass is 35.5. The molecule has 16 nitrogen and oxygen atoms in total. The number of aliphatic hydroxyl groups excluding tert-OH is 1. The molecule has 2 aromatic carbocycles. The van der Waals surface area contributed by atoms with Crippen molar-refractivity contribution in [2.75, 3.05) is 57.3 Å². The summed E-state index contributed by atoms with van der Waals surface area (Å²) in [7, 11) is 0. The zero-order valence-corrected chi connectivity index (χ0v) is 31.6. The fourth-order valence-corrected chi connectivity index (χ4v) is 7.97. The molecule has 4 aliphatic rings. The lowest BCUT2D eigenvalue weighted by molar-refractivity contribution is -0.136. The number of nitrogens with zero attached hydrogens (tertiary/aromatic N) is 5. The van der Waals surface area contributed by atoms with E-state index in [4.69, 9.17) is 16.3 Å². The first-order valence-corrected chi connectivity index (χ1v) is 19.2. The first kappa shape index (κ1) is 38.8. The smallest absolute Gasteiger partial charge is 0.266 e. The number of ether oxygens (including phenoxy) is 1. The summed E-state index contributed by atoms with van der Waals surface area (Å²) in [6.45, 7) is 5.08. The number of benzene rings is 2. The molecule has 6 amide bonds. The van der Waals surface area contributed by atoms with E-state index in [0.717, 1.165) is 21.8 Å². The number of anilines is 1. The average molecular weight is 787 g/mol. The van der Waals surface area contributed by atoms with Gasteiger partial charge in [-0.15, -0.1) is 0 Å². The molecule has 3 aliphatic heterocycles. The summed E-state index contributed by atoms with van der Waals surface area (Å²) in [6.07, 6.45) is 2.11. The number of rotatable bonds is 13. The Morgan fingerprint density at radius 2 is 1.79 bits per heavy atom. The van der Waals surface area contributed by atoms with Crippen molar-refractivity contribution in [3.63, 3.8) is 0 Å². The number of carbonyl (C=O) groups is 6. The van der Waals surface area contributed by atoms with E-state index in [9.17, 15) is 33.9 Å². The molecular weight excluding hydrogens is 744 g/mol. The Balaban J connectivity index is 0.879. The van der Waals surface area contributed by atoms with E-state index in [0.29, 0.717) is 69.4 Å². The Labute approximate surface area is 327 Å². The van der Waals surface area contributed by atoms with Crippen LogP contribution >= 0.6 is 11.6 Å². The fraction of sp³-hybridized carbons (Fsp3) is 0.436. The van der Waals surface area contributed by atoms with Crippen LogP contribution in [-0.4, -0.2) is 119 Å². The number of halogens is 1. The normalized spacial score (nSPS) is 21.1. The van der Waals surface area contributed by atoms with Gasteiger partial charge in [-0.05, 0) is 61.6 Å². The van der Waals surface area contributed by atoms with Gasteiger partial charge in [0.1, 0.15) is 23.9 Å². The SMILES string of the molecule is C[C@@H]1C[C@@H](O)c2ncnc(N3CCN(C(=O)C(CNCCCNC(=O)COc4cccc5c4C(=O)N(C4CCC(=O)NC4=O)C5=O)c4ccc(Cl)cc4)CC3)c21. The number of fused-ring (bicyclic) bond motifs is 2. The number of amides is 6. The molecule has 56 heavy (non-hydrogen) atoms. The number of carbonyl (C=O) groups excluding carboxylic acids is 6. The molecule has 0 spiro atoms. The van der Waals surface area contributed by atoms with Crippen LogP contribution in [0.25, 0.3) is 0 Å². The number of nitrogens with one attached hydrogen (secondary N) is 3. The monoisotopic (exact) mass is 786 g/mol. The van der Waals surface area contributed by atoms with Crippen LogP contribution in [0.2, 0.25) is 5.02 Å². The van der Waals surface area contributed by atoms with Gasteiger partial charge in [-0.1, -0.05) is 36.7 Å². The van der Waals surface area contributed by atoms with Crippen molar-refractivity contribution >= 4 is 52.9 Å². The standard InChI is InChI=1S/C39H43ClN8O8/c1-22-18-28(49)34-32(22)35(44-21-43-34)46-14-16-47(17-15-46)37(53)26(23-6-8-24(40)9-7-23)19-41-12-3-13-42-31(51)20-56-29-5-2-4-25-33(29)39(55)48(38(25)54)27-10-11-30(50)45-36(27)52/h2,4-9,21-22,26-28,41,49H,3,10-20H2,1H3,(H,42,51)(H,45,50,52)/t22-,26?,27?,28-/m1/s1. The van der Waals surface area contributed by atoms with Gasteiger partial charge in [0, 0.05) is 56.3 Å². The maximum atomic E-state index is 14.0. The summed E-state index contributed by atoms with van der Waals surface area (Å²) in [4.78, 5) is 90.8. The van der Waals surface area contributed by atoms with E-state index in [1.807, 2.05) is 17.0 Å². The van der Waals surface area contributed by atoms with Crippen molar-refractivity contribution in [1.82, 2.24) is 35.7 Å². The molecule has 2 fully saturated rings. The lowest BCUT2D eigenvalue weighted by atomic mass is 9.97. The number of piperidine rings is 1. The van der Waals surface area contributed by atoms with Crippen LogP contribution in [-0.2, 0) is 19.2 Å². The predicted octanol–water partition coefficient (Wildman–Crippen LogP) is 1.68. The van der Waals surface area contributed by atoms with Crippen molar-refractivity contribution in [2.24, 2.45) is 0 Å². The summed E-state index contributed by atoms with van der Waals surface area (Å²) in [5.74, 6) is -2.46. The van der Waals surface area contributed by atoms with Gasteiger partial charge in [-0.3, -0.25) is 39.0 Å². The van der Waals surface area contributed by atoms with E-state index in [2.05, 4.69) is 37.7 Å².